The Labute approximate surface area is 82.7 Å². The fraction of sp³-hybridized carbons (Fsp3) is 0.692. The molecule has 0 aromatic carbocycles. The number of rotatable bonds is 6. The Morgan fingerprint density at radius 3 is 2.62 bits per heavy atom. The average Bonchev–Trinajstić information content (AvgIpc) is 2.59. The van der Waals surface area contributed by atoms with Crippen molar-refractivity contribution in [2.75, 3.05) is 0 Å². The Hall–Kier alpha value is -0.520. The monoisotopic (exact) mass is 178 g/mol. The van der Waals surface area contributed by atoms with Gasteiger partial charge in [0.25, 0.3) is 0 Å². The molecule has 1 aliphatic carbocycles. The Kier molecular flexibility index (Phi) is 4.88. The Morgan fingerprint density at radius 1 is 1.15 bits per heavy atom. The van der Waals surface area contributed by atoms with Gasteiger partial charge in [-0.15, -0.1) is 0 Å². The molecule has 0 heteroatoms. The van der Waals surface area contributed by atoms with Crippen LogP contribution in [0.5, 0.6) is 0 Å². The van der Waals surface area contributed by atoms with Crippen LogP contribution in [0.3, 0.4) is 0 Å². The molecule has 0 radical (unpaired) electrons. The van der Waals surface area contributed by atoms with Crippen molar-refractivity contribution in [1.82, 2.24) is 0 Å². The summed E-state index contributed by atoms with van der Waals surface area (Å²) in [4.78, 5) is 0. The maximum atomic E-state index is 2.46. The fourth-order valence-corrected chi connectivity index (χ4v) is 1.80. The quantitative estimate of drug-likeness (QED) is 0.562. The molecule has 0 aliphatic heterocycles. The molecule has 0 saturated heterocycles. The van der Waals surface area contributed by atoms with Crippen LogP contribution in [-0.4, -0.2) is 0 Å². The van der Waals surface area contributed by atoms with E-state index in [4.69, 9.17) is 0 Å². The van der Waals surface area contributed by atoms with E-state index in [9.17, 15) is 0 Å². The van der Waals surface area contributed by atoms with Crippen LogP contribution in [0.2, 0.25) is 0 Å². The van der Waals surface area contributed by atoms with Crippen LogP contribution >= 0.6 is 0 Å². The first-order valence-electron chi connectivity index (χ1n) is 5.75. The van der Waals surface area contributed by atoms with Crippen molar-refractivity contribution in [3.63, 3.8) is 0 Å². The third-order valence-corrected chi connectivity index (χ3v) is 2.70. The van der Waals surface area contributed by atoms with Gasteiger partial charge in [0, 0.05) is 0 Å². The highest BCUT2D eigenvalue weighted by molar-refractivity contribution is 5.28. The van der Waals surface area contributed by atoms with E-state index >= 15 is 0 Å². The first-order valence-corrected chi connectivity index (χ1v) is 5.75. The van der Waals surface area contributed by atoms with Gasteiger partial charge in [0.15, 0.2) is 0 Å². The summed E-state index contributed by atoms with van der Waals surface area (Å²) in [6, 6.07) is 0. The number of allylic oxidation sites excluding steroid dienone is 4. The Bertz CT molecular complexity index is 186. The lowest BCUT2D eigenvalue weighted by molar-refractivity contribution is 0.645. The van der Waals surface area contributed by atoms with Gasteiger partial charge >= 0.3 is 0 Å². The summed E-state index contributed by atoms with van der Waals surface area (Å²) < 4.78 is 0. The minimum absolute atomic E-state index is 0.756. The molecule has 0 saturated carbocycles. The minimum atomic E-state index is 0.756. The highest BCUT2D eigenvalue weighted by Gasteiger charge is 2.07. The third-order valence-electron chi connectivity index (χ3n) is 2.70. The molecule has 13 heavy (non-hydrogen) atoms. The van der Waals surface area contributed by atoms with Crippen molar-refractivity contribution in [1.29, 1.82) is 0 Å². The van der Waals surface area contributed by atoms with E-state index in [1.165, 1.54) is 38.5 Å². The van der Waals surface area contributed by atoms with Crippen LogP contribution in [0.4, 0.5) is 0 Å². The molecule has 0 heterocycles. The molecule has 0 nitrogen and oxygen atoms in total. The van der Waals surface area contributed by atoms with Crippen LogP contribution in [0.25, 0.3) is 0 Å². The lowest BCUT2D eigenvalue weighted by Gasteiger charge is -2.02. The van der Waals surface area contributed by atoms with Gasteiger partial charge in [-0.2, -0.15) is 0 Å². The highest BCUT2D eigenvalue weighted by atomic mass is 14.1. The van der Waals surface area contributed by atoms with E-state index in [1.54, 1.807) is 5.57 Å². The zero-order chi connectivity index (χ0) is 9.52. The predicted octanol–water partition coefficient (Wildman–Crippen LogP) is 4.48. The van der Waals surface area contributed by atoms with Gasteiger partial charge in [0.05, 0.1) is 0 Å². The second kappa shape index (κ2) is 6.01. The van der Waals surface area contributed by atoms with Crippen LogP contribution in [0, 0.1) is 5.92 Å². The van der Waals surface area contributed by atoms with E-state index in [-0.39, 0.29) is 0 Å². The first kappa shape index (κ1) is 10.6. The van der Waals surface area contributed by atoms with Crippen LogP contribution < -0.4 is 0 Å². The maximum Gasteiger partial charge on any atom is -0.00445 e. The summed E-state index contributed by atoms with van der Waals surface area (Å²) in [5, 5.41) is 0. The van der Waals surface area contributed by atoms with Gasteiger partial charge in [-0.05, 0) is 25.2 Å². The number of unbranched alkanes of at least 4 members (excludes halogenated alkanes) is 2. The fourth-order valence-electron chi connectivity index (χ4n) is 1.80. The Balaban J connectivity index is 2.24. The molecule has 0 bridgehead atoms. The lowest BCUT2D eigenvalue weighted by atomic mass is 10.0. The molecule has 0 amide bonds. The topological polar surface area (TPSA) is 0 Å². The number of hydrogen-bond donors (Lipinski definition) is 0. The van der Waals surface area contributed by atoms with Crippen LogP contribution in [0.1, 0.15) is 52.4 Å². The molecule has 0 spiro atoms. The van der Waals surface area contributed by atoms with Crippen molar-refractivity contribution < 1.29 is 0 Å². The minimum Gasteiger partial charge on any atom is -0.0773 e. The van der Waals surface area contributed by atoms with Crippen molar-refractivity contribution in [2.24, 2.45) is 5.92 Å². The van der Waals surface area contributed by atoms with Crippen LogP contribution in [-0.2, 0) is 0 Å². The molecule has 1 rings (SSSR count). The van der Waals surface area contributed by atoms with E-state index in [0.717, 1.165) is 5.92 Å². The summed E-state index contributed by atoms with van der Waals surface area (Å²) in [6.07, 6.45) is 15.1. The van der Waals surface area contributed by atoms with Crippen molar-refractivity contribution in [3.05, 3.63) is 23.8 Å². The summed E-state index contributed by atoms with van der Waals surface area (Å²) in [6.45, 7) is 4.52. The molecule has 0 N–H and O–H groups in total. The molecule has 0 aromatic rings. The maximum absolute atomic E-state index is 2.46. The van der Waals surface area contributed by atoms with Gasteiger partial charge in [-0.1, -0.05) is 56.9 Å². The van der Waals surface area contributed by atoms with Crippen molar-refractivity contribution in [2.45, 2.75) is 52.4 Å². The standard InChI is InChI=1S/C13H22/c1-3-5-7-12-9-10-13(11-12)8-6-4-2/h9-12H,3-8H2,1-2H3. The Morgan fingerprint density at radius 2 is 1.92 bits per heavy atom. The van der Waals surface area contributed by atoms with E-state index < -0.39 is 0 Å². The van der Waals surface area contributed by atoms with E-state index in [1.807, 2.05) is 0 Å². The summed E-state index contributed by atoms with van der Waals surface area (Å²) in [5.74, 6) is 0.756. The molecular weight excluding hydrogens is 156 g/mol. The number of hydrogen-bond acceptors (Lipinski definition) is 0. The second-order valence-corrected chi connectivity index (χ2v) is 4.01. The zero-order valence-corrected chi connectivity index (χ0v) is 9.05. The van der Waals surface area contributed by atoms with Gasteiger partial charge in [-0.25, -0.2) is 0 Å². The molecule has 1 unspecified atom stereocenters. The van der Waals surface area contributed by atoms with Crippen LogP contribution in [0.15, 0.2) is 23.8 Å². The summed E-state index contributed by atoms with van der Waals surface area (Å²) >= 11 is 0. The normalized spacial score (nSPS) is 20.8. The molecule has 0 aromatic heterocycles. The SMILES string of the molecule is CCCCC1=CC(CCCC)C=C1. The predicted molar refractivity (Wildman–Crippen MR) is 59.8 cm³/mol. The largest absolute Gasteiger partial charge is 0.0773 e. The van der Waals surface area contributed by atoms with Gasteiger partial charge in [0.1, 0.15) is 0 Å². The van der Waals surface area contributed by atoms with Gasteiger partial charge in [0.2, 0.25) is 0 Å². The van der Waals surface area contributed by atoms with E-state index in [0.29, 0.717) is 0 Å². The molecule has 0 fully saturated rings. The molecule has 1 atom stereocenters. The smallest absolute Gasteiger partial charge is 0.00445 e. The summed E-state index contributed by atoms with van der Waals surface area (Å²) in [5.41, 5.74) is 1.57. The first-order chi connectivity index (χ1) is 6.36. The molecular formula is C13H22. The molecule has 74 valence electrons. The summed E-state index contributed by atoms with van der Waals surface area (Å²) in [7, 11) is 0. The van der Waals surface area contributed by atoms with Gasteiger partial charge in [-0.3, -0.25) is 0 Å². The van der Waals surface area contributed by atoms with E-state index in [2.05, 4.69) is 32.1 Å². The zero-order valence-electron chi connectivity index (χ0n) is 9.05. The van der Waals surface area contributed by atoms with Crippen molar-refractivity contribution in [3.8, 4) is 0 Å². The molecule has 1 aliphatic rings. The highest BCUT2D eigenvalue weighted by Crippen LogP contribution is 2.24. The third kappa shape index (κ3) is 3.80. The average molecular weight is 178 g/mol. The lowest BCUT2D eigenvalue weighted by Crippen LogP contribution is -1.88. The van der Waals surface area contributed by atoms with Crippen molar-refractivity contribution >= 4 is 0 Å². The van der Waals surface area contributed by atoms with Gasteiger partial charge < -0.3 is 0 Å². The second-order valence-electron chi connectivity index (χ2n) is 4.01.